The van der Waals surface area contributed by atoms with Crippen molar-refractivity contribution in [2.75, 3.05) is 0 Å². The highest BCUT2D eigenvalue weighted by Crippen LogP contribution is 2.36. The third-order valence-corrected chi connectivity index (χ3v) is 5.02. The molecule has 0 aliphatic heterocycles. The highest BCUT2D eigenvalue weighted by molar-refractivity contribution is 9.10. The first-order chi connectivity index (χ1) is 8.88. The van der Waals surface area contributed by atoms with Crippen LogP contribution in [0.3, 0.4) is 0 Å². The summed E-state index contributed by atoms with van der Waals surface area (Å²) in [6.07, 6.45) is 0. The zero-order chi connectivity index (χ0) is 14.2. The molecule has 2 rings (SSSR count). The Kier molecular flexibility index (Phi) is 4.99. The van der Waals surface area contributed by atoms with Gasteiger partial charge in [0.05, 0.1) is 5.38 Å². The molecule has 100 valence electrons. The van der Waals surface area contributed by atoms with Crippen LogP contribution in [0.4, 0.5) is 0 Å². The zero-order valence-electron chi connectivity index (χ0n) is 10.5. The third-order valence-electron chi connectivity index (χ3n) is 3.00. The molecule has 19 heavy (non-hydrogen) atoms. The maximum absolute atomic E-state index is 6.61. The second kappa shape index (κ2) is 6.17. The molecule has 1 unspecified atom stereocenters. The van der Waals surface area contributed by atoms with Gasteiger partial charge in [-0.2, -0.15) is 0 Å². The van der Waals surface area contributed by atoms with E-state index in [2.05, 4.69) is 57.8 Å². The summed E-state index contributed by atoms with van der Waals surface area (Å²) in [5, 5.41) is 0.475. The molecule has 0 aliphatic carbocycles. The fraction of sp³-hybridized carbons (Fsp3) is 0.200. The summed E-state index contributed by atoms with van der Waals surface area (Å²) in [4.78, 5) is 0. The number of aryl methyl sites for hydroxylation is 2. The summed E-state index contributed by atoms with van der Waals surface area (Å²) in [5.74, 6) is 0. The van der Waals surface area contributed by atoms with Gasteiger partial charge in [-0.25, -0.2) is 0 Å². The fourth-order valence-corrected chi connectivity index (χ4v) is 3.68. The number of benzene rings is 2. The molecule has 0 N–H and O–H groups in total. The Balaban J connectivity index is 2.49. The lowest BCUT2D eigenvalue weighted by molar-refractivity contribution is 1.10. The van der Waals surface area contributed by atoms with Crippen molar-refractivity contribution in [3.05, 3.63) is 66.6 Å². The monoisotopic (exact) mass is 420 g/mol. The first-order valence-corrected chi connectivity index (χ1v) is 8.15. The van der Waals surface area contributed by atoms with E-state index in [1.165, 1.54) is 5.56 Å². The van der Waals surface area contributed by atoms with Crippen LogP contribution < -0.4 is 0 Å². The molecule has 0 fully saturated rings. The van der Waals surface area contributed by atoms with Crippen molar-refractivity contribution in [3.63, 3.8) is 0 Å². The van der Waals surface area contributed by atoms with Gasteiger partial charge >= 0.3 is 0 Å². The summed E-state index contributed by atoms with van der Waals surface area (Å²) in [5.41, 5.74) is 4.43. The Bertz CT molecular complexity index is 604. The second-order valence-electron chi connectivity index (χ2n) is 4.52. The topological polar surface area (TPSA) is 0 Å². The molecular formula is C15H12Br2Cl2. The van der Waals surface area contributed by atoms with Gasteiger partial charge in [-0.15, -0.1) is 11.6 Å². The zero-order valence-corrected chi connectivity index (χ0v) is 15.2. The Labute approximate surface area is 140 Å². The van der Waals surface area contributed by atoms with E-state index in [0.29, 0.717) is 5.02 Å². The van der Waals surface area contributed by atoms with Gasteiger partial charge in [0.25, 0.3) is 0 Å². The minimum Gasteiger partial charge on any atom is -0.113 e. The van der Waals surface area contributed by atoms with Crippen molar-refractivity contribution in [1.29, 1.82) is 0 Å². The highest BCUT2D eigenvalue weighted by Gasteiger charge is 2.15. The molecular weight excluding hydrogens is 411 g/mol. The highest BCUT2D eigenvalue weighted by atomic mass is 79.9. The van der Waals surface area contributed by atoms with Gasteiger partial charge in [-0.3, -0.25) is 0 Å². The van der Waals surface area contributed by atoms with Crippen LogP contribution in [0.1, 0.15) is 27.6 Å². The third kappa shape index (κ3) is 3.55. The fourth-order valence-electron chi connectivity index (χ4n) is 1.98. The van der Waals surface area contributed by atoms with E-state index in [0.717, 1.165) is 25.6 Å². The van der Waals surface area contributed by atoms with E-state index in [4.69, 9.17) is 23.2 Å². The van der Waals surface area contributed by atoms with Gasteiger partial charge in [0, 0.05) is 14.0 Å². The minimum absolute atomic E-state index is 0.207. The molecule has 2 aromatic carbocycles. The quantitative estimate of drug-likeness (QED) is 0.466. The number of hydrogen-bond acceptors (Lipinski definition) is 0. The molecule has 0 radical (unpaired) electrons. The van der Waals surface area contributed by atoms with Crippen molar-refractivity contribution in [1.82, 2.24) is 0 Å². The van der Waals surface area contributed by atoms with Crippen LogP contribution in [0.2, 0.25) is 5.02 Å². The number of rotatable bonds is 2. The van der Waals surface area contributed by atoms with E-state index in [9.17, 15) is 0 Å². The van der Waals surface area contributed by atoms with Gasteiger partial charge in [0.1, 0.15) is 0 Å². The first kappa shape index (κ1) is 15.4. The lowest BCUT2D eigenvalue weighted by Crippen LogP contribution is -1.98. The maximum atomic E-state index is 6.61. The molecule has 0 saturated carbocycles. The predicted molar refractivity (Wildman–Crippen MR) is 90.5 cm³/mol. The predicted octanol–water partition coefficient (Wildman–Crippen LogP) is 6.81. The van der Waals surface area contributed by atoms with Crippen molar-refractivity contribution in [3.8, 4) is 0 Å². The number of alkyl halides is 1. The number of halogens is 4. The molecule has 0 amide bonds. The van der Waals surface area contributed by atoms with Crippen LogP contribution in [0, 0.1) is 13.8 Å². The summed E-state index contributed by atoms with van der Waals surface area (Å²) >= 11 is 19.7. The molecule has 0 aromatic heterocycles. The summed E-state index contributed by atoms with van der Waals surface area (Å²) in [6, 6.07) is 9.97. The van der Waals surface area contributed by atoms with E-state index >= 15 is 0 Å². The minimum atomic E-state index is -0.207. The normalized spacial score (nSPS) is 12.5. The molecule has 0 nitrogen and oxygen atoms in total. The Morgan fingerprint density at radius 3 is 2.26 bits per heavy atom. The molecule has 4 heteroatoms. The molecule has 0 bridgehead atoms. The van der Waals surface area contributed by atoms with Gasteiger partial charge in [-0.1, -0.05) is 49.5 Å². The molecule has 1 atom stereocenters. The van der Waals surface area contributed by atoms with Crippen LogP contribution in [0.25, 0.3) is 0 Å². The Hall–Kier alpha value is -0.0200. The van der Waals surface area contributed by atoms with Crippen molar-refractivity contribution in [2.24, 2.45) is 0 Å². The van der Waals surface area contributed by atoms with Gasteiger partial charge < -0.3 is 0 Å². The summed E-state index contributed by atoms with van der Waals surface area (Å²) in [7, 11) is 0. The molecule has 2 aromatic rings. The van der Waals surface area contributed by atoms with Gasteiger partial charge in [0.2, 0.25) is 0 Å². The second-order valence-corrected chi connectivity index (χ2v) is 7.17. The first-order valence-electron chi connectivity index (χ1n) is 5.75. The molecule has 0 heterocycles. The lowest BCUT2D eigenvalue weighted by Gasteiger charge is -2.16. The summed E-state index contributed by atoms with van der Waals surface area (Å²) in [6.45, 7) is 4.12. The maximum Gasteiger partial charge on any atom is 0.0839 e. The average Bonchev–Trinajstić information content (AvgIpc) is 2.31. The van der Waals surface area contributed by atoms with E-state index in [1.54, 1.807) is 0 Å². The van der Waals surface area contributed by atoms with E-state index in [-0.39, 0.29) is 5.38 Å². The smallest absolute Gasteiger partial charge is 0.0839 e. The van der Waals surface area contributed by atoms with Crippen molar-refractivity contribution in [2.45, 2.75) is 19.2 Å². The van der Waals surface area contributed by atoms with Crippen LogP contribution in [-0.4, -0.2) is 0 Å². The molecule has 0 saturated heterocycles. The molecule has 0 spiro atoms. The van der Waals surface area contributed by atoms with Crippen molar-refractivity contribution < 1.29 is 0 Å². The van der Waals surface area contributed by atoms with Crippen LogP contribution in [0.5, 0.6) is 0 Å². The number of hydrogen-bond donors (Lipinski definition) is 0. The SMILES string of the molecule is Cc1cc(C(Cl)c2cc(Cl)cc(Br)c2)c(C)cc1Br. The average molecular weight is 423 g/mol. The Morgan fingerprint density at radius 1 is 0.947 bits per heavy atom. The van der Waals surface area contributed by atoms with Gasteiger partial charge in [-0.05, 0) is 60.4 Å². The summed E-state index contributed by atoms with van der Waals surface area (Å²) < 4.78 is 2.04. The van der Waals surface area contributed by atoms with E-state index < -0.39 is 0 Å². The lowest BCUT2D eigenvalue weighted by atomic mass is 9.98. The van der Waals surface area contributed by atoms with E-state index in [1.807, 2.05) is 18.2 Å². The van der Waals surface area contributed by atoms with Gasteiger partial charge in [0.15, 0.2) is 0 Å². The van der Waals surface area contributed by atoms with Crippen LogP contribution >= 0.6 is 55.1 Å². The molecule has 0 aliphatic rings. The largest absolute Gasteiger partial charge is 0.113 e. The van der Waals surface area contributed by atoms with Crippen LogP contribution in [-0.2, 0) is 0 Å². The van der Waals surface area contributed by atoms with Crippen molar-refractivity contribution >= 4 is 55.1 Å². The van der Waals surface area contributed by atoms with Crippen LogP contribution in [0.15, 0.2) is 39.3 Å². The Morgan fingerprint density at radius 2 is 1.63 bits per heavy atom. The standard InChI is InChI=1S/C15H12Br2Cl2/c1-8-4-14(17)9(2)3-13(8)15(19)10-5-11(16)7-12(18)6-10/h3-7,15H,1-2H3.